The van der Waals surface area contributed by atoms with Crippen LogP contribution in [0.15, 0.2) is 59.8 Å². The van der Waals surface area contributed by atoms with Crippen LogP contribution in [0.1, 0.15) is 28.8 Å². The van der Waals surface area contributed by atoms with E-state index in [9.17, 15) is 4.79 Å². The number of aryl methyl sites for hydroxylation is 1. The fourth-order valence-electron chi connectivity index (χ4n) is 2.66. The molecule has 0 aliphatic rings. The number of Topliss-reactive ketones (excluding diaryl/α,β-unsaturated/α-hetero) is 1. The third-order valence-electron chi connectivity index (χ3n) is 4.10. The lowest BCUT2D eigenvalue weighted by Gasteiger charge is -2.06. The van der Waals surface area contributed by atoms with E-state index in [1.165, 1.54) is 5.56 Å². The van der Waals surface area contributed by atoms with Crippen molar-refractivity contribution in [3.05, 3.63) is 65.7 Å². The smallest absolute Gasteiger partial charge is 0.191 e. The van der Waals surface area contributed by atoms with Gasteiger partial charge in [0, 0.05) is 30.3 Å². The molecule has 0 radical (unpaired) electrons. The first-order valence-electron chi connectivity index (χ1n) is 8.33. The number of carbonyl (C=O) groups is 1. The Morgan fingerprint density at radius 2 is 1.76 bits per heavy atom. The predicted molar refractivity (Wildman–Crippen MR) is 102 cm³/mol. The van der Waals surface area contributed by atoms with Gasteiger partial charge in [0.1, 0.15) is 0 Å². The van der Waals surface area contributed by atoms with Gasteiger partial charge >= 0.3 is 0 Å². The highest BCUT2D eigenvalue weighted by molar-refractivity contribution is 7.99. The van der Waals surface area contributed by atoms with Crippen LogP contribution in [0.2, 0.25) is 0 Å². The summed E-state index contributed by atoms with van der Waals surface area (Å²) in [5, 5.41) is 9.51. The van der Waals surface area contributed by atoms with E-state index in [1.807, 2.05) is 54.1 Å². The van der Waals surface area contributed by atoms with Crippen molar-refractivity contribution in [1.82, 2.24) is 14.8 Å². The number of thioether (sulfide) groups is 1. The molecule has 0 unspecified atom stereocenters. The number of nitrogens with zero attached hydrogens (tertiary/aromatic N) is 3. The van der Waals surface area contributed by atoms with Crippen LogP contribution in [0.5, 0.6) is 0 Å². The van der Waals surface area contributed by atoms with Crippen LogP contribution in [0.3, 0.4) is 0 Å². The quantitative estimate of drug-likeness (QED) is 0.356. The Bertz CT molecular complexity index is 858. The van der Waals surface area contributed by atoms with E-state index in [0.717, 1.165) is 34.3 Å². The lowest BCUT2D eigenvalue weighted by atomic mass is 10.1. The zero-order valence-corrected chi connectivity index (χ0v) is 15.3. The third-order valence-corrected chi connectivity index (χ3v) is 5.20. The van der Waals surface area contributed by atoms with Crippen LogP contribution in [-0.4, -0.2) is 26.3 Å². The van der Waals surface area contributed by atoms with E-state index in [4.69, 9.17) is 0 Å². The van der Waals surface area contributed by atoms with E-state index in [0.29, 0.717) is 6.42 Å². The second-order valence-electron chi connectivity index (χ2n) is 5.92. The van der Waals surface area contributed by atoms with Crippen LogP contribution < -0.4 is 0 Å². The maximum atomic E-state index is 12.1. The number of hydrogen-bond donors (Lipinski definition) is 0. The van der Waals surface area contributed by atoms with E-state index < -0.39 is 0 Å². The van der Waals surface area contributed by atoms with Gasteiger partial charge in [0.15, 0.2) is 16.8 Å². The topological polar surface area (TPSA) is 47.8 Å². The van der Waals surface area contributed by atoms with Crippen LogP contribution >= 0.6 is 11.8 Å². The molecule has 0 N–H and O–H groups in total. The molecule has 0 bridgehead atoms. The molecule has 1 heterocycles. The van der Waals surface area contributed by atoms with E-state index >= 15 is 0 Å². The summed E-state index contributed by atoms with van der Waals surface area (Å²) in [6.45, 7) is 2.08. The highest BCUT2D eigenvalue weighted by atomic mass is 32.2. The van der Waals surface area contributed by atoms with Gasteiger partial charge < -0.3 is 4.57 Å². The monoisotopic (exact) mass is 351 g/mol. The Kier molecular flexibility index (Phi) is 5.66. The van der Waals surface area contributed by atoms with Crippen molar-refractivity contribution in [2.24, 2.45) is 7.05 Å². The van der Waals surface area contributed by atoms with Crippen LogP contribution in [0, 0.1) is 6.92 Å². The number of rotatable bonds is 7. The first kappa shape index (κ1) is 17.4. The van der Waals surface area contributed by atoms with Gasteiger partial charge in [0.05, 0.1) is 0 Å². The fourth-order valence-corrected chi connectivity index (χ4v) is 3.51. The van der Waals surface area contributed by atoms with Crippen LogP contribution in [-0.2, 0) is 7.05 Å². The van der Waals surface area contributed by atoms with Gasteiger partial charge in [-0.3, -0.25) is 4.79 Å². The second kappa shape index (κ2) is 8.12. The maximum absolute atomic E-state index is 12.1. The SMILES string of the molecule is Cc1ccccc1-c1nnc(SCCCC(=O)c2ccccc2)n1C. The highest BCUT2D eigenvalue weighted by Crippen LogP contribution is 2.25. The van der Waals surface area contributed by atoms with Crippen molar-refractivity contribution in [1.29, 1.82) is 0 Å². The Morgan fingerprint density at radius 1 is 1.04 bits per heavy atom. The van der Waals surface area contributed by atoms with E-state index in [2.05, 4.69) is 29.3 Å². The van der Waals surface area contributed by atoms with Crippen molar-refractivity contribution in [3.63, 3.8) is 0 Å². The predicted octanol–water partition coefficient (Wildman–Crippen LogP) is 4.55. The van der Waals surface area contributed by atoms with Crippen LogP contribution in [0.25, 0.3) is 11.4 Å². The molecule has 0 saturated heterocycles. The summed E-state index contributed by atoms with van der Waals surface area (Å²) in [6, 6.07) is 17.6. The second-order valence-corrected chi connectivity index (χ2v) is 6.98. The van der Waals surface area contributed by atoms with E-state index in [-0.39, 0.29) is 5.78 Å². The Balaban J connectivity index is 1.56. The fraction of sp³-hybridized carbons (Fsp3) is 0.250. The summed E-state index contributed by atoms with van der Waals surface area (Å²) < 4.78 is 2.02. The molecule has 0 aliphatic heterocycles. The standard InChI is InChI=1S/C20H21N3OS/c1-15-9-6-7-12-17(15)19-21-22-20(23(19)2)25-14-8-13-18(24)16-10-4-3-5-11-16/h3-7,9-12H,8,13-14H2,1-2H3. The Hall–Kier alpha value is -2.40. The minimum absolute atomic E-state index is 0.194. The zero-order chi connectivity index (χ0) is 17.6. The largest absolute Gasteiger partial charge is 0.305 e. The summed E-state index contributed by atoms with van der Waals surface area (Å²) in [7, 11) is 1.99. The summed E-state index contributed by atoms with van der Waals surface area (Å²) >= 11 is 1.64. The van der Waals surface area contributed by atoms with Gasteiger partial charge in [-0.2, -0.15) is 0 Å². The first-order valence-corrected chi connectivity index (χ1v) is 9.32. The van der Waals surface area contributed by atoms with Gasteiger partial charge in [-0.1, -0.05) is 66.4 Å². The van der Waals surface area contributed by atoms with Crippen LogP contribution in [0.4, 0.5) is 0 Å². The molecule has 0 amide bonds. The summed E-state index contributed by atoms with van der Waals surface area (Å²) in [5.41, 5.74) is 3.07. The van der Waals surface area contributed by atoms with Crippen molar-refractivity contribution in [2.45, 2.75) is 24.9 Å². The number of ketones is 1. The van der Waals surface area contributed by atoms with Crippen molar-refractivity contribution < 1.29 is 4.79 Å². The highest BCUT2D eigenvalue weighted by Gasteiger charge is 2.13. The molecule has 2 aromatic carbocycles. The van der Waals surface area contributed by atoms with Crippen molar-refractivity contribution in [2.75, 3.05) is 5.75 Å². The molecule has 0 saturated carbocycles. The first-order chi connectivity index (χ1) is 12.2. The molecule has 3 aromatic rings. The van der Waals surface area contributed by atoms with Gasteiger partial charge in [0.2, 0.25) is 0 Å². The summed E-state index contributed by atoms with van der Waals surface area (Å²) in [6.07, 6.45) is 1.38. The van der Waals surface area contributed by atoms with Gasteiger partial charge in [-0.25, -0.2) is 0 Å². The van der Waals surface area contributed by atoms with Gasteiger partial charge in [0.25, 0.3) is 0 Å². The summed E-state index contributed by atoms with van der Waals surface area (Å²) in [4.78, 5) is 12.1. The molecule has 3 rings (SSSR count). The molecule has 128 valence electrons. The maximum Gasteiger partial charge on any atom is 0.191 e. The molecule has 5 heteroatoms. The molecule has 0 spiro atoms. The molecule has 25 heavy (non-hydrogen) atoms. The van der Waals surface area contributed by atoms with Gasteiger partial charge in [-0.15, -0.1) is 10.2 Å². The Morgan fingerprint density at radius 3 is 2.52 bits per heavy atom. The molecule has 0 fully saturated rings. The van der Waals surface area contributed by atoms with Gasteiger partial charge in [-0.05, 0) is 18.9 Å². The molecule has 4 nitrogen and oxygen atoms in total. The average Bonchev–Trinajstić information content (AvgIpc) is 3.00. The number of hydrogen-bond acceptors (Lipinski definition) is 4. The third kappa shape index (κ3) is 4.17. The lowest BCUT2D eigenvalue weighted by Crippen LogP contribution is -2.00. The number of carbonyl (C=O) groups excluding carboxylic acids is 1. The number of aromatic nitrogens is 3. The molecular weight excluding hydrogens is 330 g/mol. The normalized spacial score (nSPS) is 10.8. The minimum atomic E-state index is 0.194. The van der Waals surface area contributed by atoms with Crippen molar-refractivity contribution in [3.8, 4) is 11.4 Å². The van der Waals surface area contributed by atoms with Crippen molar-refractivity contribution >= 4 is 17.5 Å². The summed E-state index contributed by atoms with van der Waals surface area (Å²) in [5.74, 6) is 1.92. The minimum Gasteiger partial charge on any atom is -0.305 e. The molecular formula is C20H21N3OS. The molecule has 0 atom stereocenters. The Labute approximate surface area is 152 Å². The molecule has 0 aliphatic carbocycles. The number of benzene rings is 2. The van der Waals surface area contributed by atoms with E-state index in [1.54, 1.807) is 11.8 Å². The lowest BCUT2D eigenvalue weighted by molar-refractivity contribution is 0.0982. The molecule has 1 aromatic heterocycles. The average molecular weight is 351 g/mol. The zero-order valence-electron chi connectivity index (χ0n) is 14.5.